The van der Waals surface area contributed by atoms with Gasteiger partial charge >= 0.3 is 0 Å². The zero-order chi connectivity index (χ0) is 10.3. The smallest absolute Gasteiger partial charge is 0.135 e. The van der Waals surface area contributed by atoms with Crippen LogP contribution in [0, 0.1) is 0 Å². The number of nitrogens with zero attached hydrogens (tertiary/aromatic N) is 2. The van der Waals surface area contributed by atoms with Crippen LogP contribution < -0.4 is 0 Å². The zero-order valence-corrected chi connectivity index (χ0v) is 8.97. The number of aromatic nitrogens is 2. The fraction of sp³-hybridized carbons (Fsp3) is 0.222. The summed E-state index contributed by atoms with van der Waals surface area (Å²) in [6, 6.07) is 3.43. The van der Waals surface area contributed by atoms with Crippen LogP contribution in [-0.4, -0.2) is 14.7 Å². The highest BCUT2D eigenvalue weighted by Crippen LogP contribution is 2.27. The van der Waals surface area contributed by atoms with Crippen LogP contribution in [0.4, 0.5) is 0 Å². The Bertz CT molecular complexity index is 493. The third-order valence-electron chi connectivity index (χ3n) is 2.16. The van der Waals surface area contributed by atoms with E-state index in [4.69, 9.17) is 28.3 Å². The molecule has 14 heavy (non-hydrogen) atoms. The summed E-state index contributed by atoms with van der Waals surface area (Å²) in [6.07, 6.45) is 0. The summed E-state index contributed by atoms with van der Waals surface area (Å²) < 4.78 is 1.79. The van der Waals surface area contributed by atoms with Crippen molar-refractivity contribution < 1.29 is 5.11 Å². The van der Waals surface area contributed by atoms with Gasteiger partial charge in [-0.25, -0.2) is 4.98 Å². The van der Waals surface area contributed by atoms with Crippen molar-refractivity contribution in [3.05, 3.63) is 28.0 Å². The van der Waals surface area contributed by atoms with Gasteiger partial charge in [0.05, 0.1) is 21.1 Å². The van der Waals surface area contributed by atoms with E-state index < -0.39 is 0 Å². The van der Waals surface area contributed by atoms with E-state index in [0.717, 1.165) is 11.0 Å². The molecule has 0 saturated carbocycles. The predicted molar refractivity (Wildman–Crippen MR) is 56.7 cm³/mol. The van der Waals surface area contributed by atoms with Gasteiger partial charge in [-0.1, -0.05) is 23.2 Å². The molecule has 1 N–H and O–H groups in total. The Hall–Kier alpha value is -0.770. The third kappa shape index (κ3) is 1.38. The molecule has 1 heterocycles. The molecule has 0 unspecified atom stereocenters. The van der Waals surface area contributed by atoms with Crippen LogP contribution in [0.2, 0.25) is 10.0 Å². The summed E-state index contributed by atoms with van der Waals surface area (Å²) in [5, 5.41) is 9.97. The Kier molecular flexibility index (Phi) is 2.39. The molecule has 0 spiro atoms. The number of hydrogen-bond acceptors (Lipinski definition) is 2. The van der Waals surface area contributed by atoms with Crippen molar-refractivity contribution >= 4 is 34.2 Å². The van der Waals surface area contributed by atoms with E-state index in [1.54, 1.807) is 16.7 Å². The number of fused-ring (bicyclic) bond motifs is 1. The minimum absolute atomic E-state index is 0.0968. The van der Waals surface area contributed by atoms with Gasteiger partial charge in [-0.3, -0.25) is 0 Å². The first-order valence-electron chi connectivity index (χ1n) is 4.04. The van der Waals surface area contributed by atoms with Crippen molar-refractivity contribution in [2.75, 3.05) is 0 Å². The lowest BCUT2D eigenvalue weighted by molar-refractivity contribution is 0.268. The molecule has 0 amide bonds. The highest BCUT2D eigenvalue weighted by molar-refractivity contribution is 6.42. The second-order valence-corrected chi connectivity index (χ2v) is 3.81. The maximum atomic E-state index is 9.01. The van der Waals surface area contributed by atoms with Gasteiger partial charge in [-0.2, -0.15) is 0 Å². The molecule has 0 aliphatic carbocycles. The maximum Gasteiger partial charge on any atom is 0.135 e. The molecule has 2 rings (SSSR count). The average Bonchev–Trinajstić information content (AvgIpc) is 2.45. The van der Waals surface area contributed by atoms with Crippen LogP contribution in [0.25, 0.3) is 11.0 Å². The Morgan fingerprint density at radius 2 is 2.00 bits per heavy atom. The summed E-state index contributed by atoms with van der Waals surface area (Å²) in [4.78, 5) is 4.20. The number of rotatable bonds is 1. The number of imidazole rings is 1. The highest BCUT2D eigenvalue weighted by atomic mass is 35.5. The fourth-order valence-corrected chi connectivity index (χ4v) is 1.69. The third-order valence-corrected chi connectivity index (χ3v) is 2.88. The molecule has 5 heteroatoms. The van der Waals surface area contributed by atoms with Gasteiger partial charge in [0.2, 0.25) is 0 Å². The summed E-state index contributed by atoms with van der Waals surface area (Å²) in [7, 11) is 1.82. The van der Waals surface area contributed by atoms with Crippen LogP contribution in [0.5, 0.6) is 0 Å². The second-order valence-electron chi connectivity index (χ2n) is 3.00. The van der Waals surface area contributed by atoms with Crippen molar-refractivity contribution in [1.29, 1.82) is 0 Å². The molecule has 0 radical (unpaired) electrons. The Morgan fingerprint density at radius 3 is 2.64 bits per heavy atom. The molecule has 0 bridgehead atoms. The van der Waals surface area contributed by atoms with Gasteiger partial charge in [0, 0.05) is 7.05 Å². The average molecular weight is 231 g/mol. The number of aliphatic hydroxyl groups is 1. The Labute approximate surface area is 90.9 Å². The van der Waals surface area contributed by atoms with E-state index in [-0.39, 0.29) is 6.61 Å². The summed E-state index contributed by atoms with van der Waals surface area (Å²) in [6.45, 7) is -0.0968. The maximum absolute atomic E-state index is 9.01. The van der Waals surface area contributed by atoms with Crippen LogP contribution in [-0.2, 0) is 13.7 Å². The highest BCUT2D eigenvalue weighted by Gasteiger charge is 2.09. The lowest BCUT2D eigenvalue weighted by Crippen LogP contribution is -1.96. The van der Waals surface area contributed by atoms with E-state index in [9.17, 15) is 0 Å². The molecule has 3 nitrogen and oxygen atoms in total. The first-order chi connectivity index (χ1) is 6.63. The SMILES string of the molecule is Cn1c(CO)nc2cc(Cl)c(Cl)cc21. The lowest BCUT2D eigenvalue weighted by Gasteiger charge is -1.99. The monoisotopic (exact) mass is 230 g/mol. The summed E-state index contributed by atoms with van der Waals surface area (Å²) in [5.41, 5.74) is 1.61. The fourth-order valence-electron chi connectivity index (χ4n) is 1.38. The molecular weight excluding hydrogens is 223 g/mol. The molecule has 0 aliphatic heterocycles. The molecule has 2 aromatic rings. The molecule has 74 valence electrons. The van der Waals surface area contributed by atoms with Crippen LogP contribution >= 0.6 is 23.2 Å². The van der Waals surface area contributed by atoms with Gasteiger partial charge in [0.25, 0.3) is 0 Å². The molecule has 1 aromatic heterocycles. The van der Waals surface area contributed by atoms with E-state index in [0.29, 0.717) is 15.9 Å². The molecular formula is C9H8Cl2N2O. The number of aryl methyl sites for hydroxylation is 1. The van der Waals surface area contributed by atoms with E-state index in [1.165, 1.54) is 0 Å². The number of benzene rings is 1. The molecule has 0 atom stereocenters. The normalized spacial score (nSPS) is 11.1. The quantitative estimate of drug-likeness (QED) is 0.818. The van der Waals surface area contributed by atoms with Crippen molar-refractivity contribution in [2.45, 2.75) is 6.61 Å². The van der Waals surface area contributed by atoms with Crippen LogP contribution in [0.15, 0.2) is 12.1 Å². The van der Waals surface area contributed by atoms with Gasteiger partial charge in [0.1, 0.15) is 12.4 Å². The minimum Gasteiger partial charge on any atom is -0.388 e. The first-order valence-corrected chi connectivity index (χ1v) is 4.80. The second kappa shape index (κ2) is 3.42. The topological polar surface area (TPSA) is 38.0 Å². The van der Waals surface area contributed by atoms with Crippen molar-refractivity contribution in [3.63, 3.8) is 0 Å². The zero-order valence-electron chi connectivity index (χ0n) is 7.46. The molecule has 1 aromatic carbocycles. The lowest BCUT2D eigenvalue weighted by atomic mass is 10.3. The summed E-state index contributed by atoms with van der Waals surface area (Å²) in [5.74, 6) is 0.596. The molecule has 0 saturated heterocycles. The minimum atomic E-state index is -0.0968. The Morgan fingerprint density at radius 1 is 1.36 bits per heavy atom. The standard InChI is InChI=1S/C9H8Cl2N2O/c1-13-8-3-6(11)5(10)2-7(8)12-9(13)4-14/h2-3,14H,4H2,1H3. The van der Waals surface area contributed by atoms with Crippen LogP contribution in [0.1, 0.15) is 5.82 Å². The van der Waals surface area contributed by atoms with E-state index in [1.807, 2.05) is 7.05 Å². The Balaban J connectivity index is 2.80. The number of hydrogen-bond donors (Lipinski definition) is 1. The van der Waals surface area contributed by atoms with E-state index >= 15 is 0 Å². The largest absolute Gasteiger partial charge is 0.388 e. The predicted octanol–water partition coefficient (Wildman–Crippen LogP) is 2.37. The molecule has 0 fully saturated rings. The van der Waals surface area contributed by atoms with Crippen molar-refractivity contribution in [1.82, 2.24) is 9.55 Å². The number of aliphatic hydroxyl groups excluding tert-OH is 1. The van der Waals surface area contributed by atoms with Crippen molar-refractivity contribution in [2.24, 2.45) is 7.05 Å². The van der Waals surface area contributed by atoms with Gasteiger partial charge < -0.3 is 9.67 Å². The van der Waals surface area contributed by atoms with Gasteiger partial charge in [-0.05, 0) is 12.1 Å². The number of halogens is 2. The molecule has 0 aliphatic rings. The van der Waals surface area contributed by atoms with Crippen molar-refractivity contribution in [3.8, 4) is 0 Å². The summed E-state index contributed by atoms with van der Waals surface area (Å²) >= 11 is 11.7. The van der Waals surface area contributed by atoms with Crippen LogP contribution in [0.3, 0.4) is 0 Å². The first kappa shape index (κ1) is 9.77. The van der Waals surface area contributed by atoms with E-state index in [2.05, 4.69) is 4.98 Å². The van der Waals surface area contributed by atoms with Gasteiger partial charge in [0.15, 0.2) is 0 Å². The van der Waals surface area contributed by atoms with Gasteiger partial charge in [-0.15, -0.1) is 0 Å².